The molecule has 0 aromatic carbocycles. The number of nitrogens with one attached hydrogen (secondary N) is 1. The summed E-state index contributed by atoms with van der Waals surface area (Å²) in [5.74, 6) is -0.895. The minimum absolute atomic E-state index is 0.0563. The first kappa shape index (κ1) is 11.6. The lowest BCUT2D eigenvalue weighted by Crippen LogP contribution is -2.35. The molecule has 0 spiro atoms. The lowest BCUT2D eigenvalue weighted by atomic mass is 9.90. The van der Waals surface area contributed by atoms with Gasteiger partial charge < -0.3 is 10.0 Å². The van der Waals surface area contributed by atoms with Crippen LogP contribution in [-0.2, 0) is 16.0 Å². The maximum atomic E-state index is 11.9. The zero-order valence-corrected chi connectivity index (χ0v) is 9.64. The molecular weight excluding hydrogens is 222 g/mol. The summed E-state index contributed by atoms with van der Waals surface area (Å²) in [6.07, 6.45) is 2.35. The summed E-state index contributed by atoms with van der Waals surface area (Å²) >= 11 is 0. The Morgan fingerprint density at radius 2 is 2.41 bits per heavy atom. The first-order chi connectivity index (χ1) is 8.01. The summed E-state index contributed by atoms with van der Waals surface area (Å²) < 4.78 is 0. The molecule has 0 aliphatic carbocycles. The van der Waals surface area contributed by atoms with Gasteiger partial charge in [0.15, 0.2) is 0 Å². The molecular formula is C11H15N3O3. The van der Waals surface area contributed by atoms with Gasteiger partial charge in [0.2, 0.25) is 5.91 Å². The SMILES string of the molecule is CC1(C(=O)O)CCN(C(=O)Cc2ccn[nH]2)C1. The highest BCUT2D eigenvalue weighted by Crippen LogP contribution is 2.30. The average molecular weight is 237 g/mol. The van der Waals surface area contributed by atoms with Crippen molar-refractivity contribution in [3.63, 3.8) is 0 Å². The molecule has 1 atom stereocenters. The largest absolute Gasteiger partial charge is 0.481 e. The van der Waals surface area contributed by atoms with E-state index in [4.69, 9.17) is 5.11 Å². The second-order valence-corrected chi connectivity index (χ2v) is 4.69. The molecule has 6 heteroatoms. The number of carbonyl (C=O) groups is 2. The number of carboxylic acids is 1. The molecule has 2 N–H and O–H groups in total. The Labute approximate surface area is 98.6 Å². The van der Waals surface area contributed by atoms with Gasteiger partial charge in [-0.2, -0.15) is 5.10 Å². The van der Waals surface area contributed by atoms with E-state index in [9.17, 15) is 9.59 Å². The fourth-order valence-corrected chi connectivity index (χ4v) is 2.01. The highest BCUT2D eigenvalue weighted by atomic mass is 16.4. The van der Waals surface area contributed by atoms with Crippen molar-refractivity contribution in [2.45, 2.75) is 19.8 Å². The fraction of sp³-hybridized carbons (Fsp3) is 0.545. The smallest absolute Gasteiger partial charge is 0.311 e. The third-order valence-electron chi connectivity index (χ3n) is 3.24. The van der Waals surface area contributed by atoms with Gasteiger partial charge in [0.25, 0.3) is 0 Å². The number of aromatic nitrogens is 2. The van der Waals surface area contributed by atoms with Crippen molar-refractivity contribution in [3.8, 4) is 0 Å². The molecule has 0 saturated carbocycles. The maximum absolute atomic E-state index is 11.9. The van der Waals surface area contributed by atoms with E-state index in [2.05, 4.69) is 10.2 Å². The second kappa shape index (κ2) is 4.20. The number of aromatic amines is 1. The lowest BCUT2D eigenvalue weighted by molar-refractivity contribution is -0.147. The van der Waals surface area contributed by atoms with Crippen molar-refractivity contribution in [1.29, 1.82) is 0 Å². The molecule has 1 saturated heterocycles. The zero-order valence-electron chi connectivity index (χ0n) is 9.64. The number of nitrogens with zero attached hydrogens (tertiary/aromatic N) is 2. The van der Waals surface area contributed by atoms with Gasteiger partial charge in [-0.1, -0.05) is 0 Å². The lowest BCUT2D eigenvalue weighted by Gasteiger charge is -2.19. The number of likely N-dealkylation sites (tertiary alicyclic amines) is 1. The van der Waals surface area contributed by atoms with Crippen LogP contribution in [0.25, 0.3) is 0 Å². The number of amides is 1. The molecule has 6 nitrogen and oxygen atoms in total. The molecule has 0 radical (unpaired) electrons. The van der Waals surface area contributed by atoms with Crippen LogP contribution in [0.5, 0.6) is 0 Å². The summed E-state index contributed by atoms with van der Waals surface area (Å²) in [4.78, 5) is 24.6. The summed E-state index contributed by atoms with van der Waals surface area (Å²) in [6.45, 7) is 2.48. The van der Waals surface area contributed by atoms with Gasteiger partial charge in [0, 0.05) is 25.0 Å². The standard InChI is InChI=1S/C11H15N3O3/c1-11(10(16)17)3-5-14(7-11)9(15)6-8-2-4-12-13-8/h2,4H,3,5-7H2,1H3,(H,12,13)(H,16,17). The van der Waals surface area contributed by atoms with Crippen LogP contribution in [0.4, 0.5) is 0 Å². The Balaban J connectivity index is 1.97. The Morgan fingerprint density at radius 1 is 1.65 bits per heavy atom. The van der Waals surface area contributed by atoms with E-state index in [1.165, 1.54) is 0 Å². The Hall–Kier alpha value is -1.85. The second-order valence-electron chi connectivity index (χ2n) is 4.69. The number of hydrogen-bond donors (Lipinski definition) is 2. The van der Waals surface area contributed by atoms with Gasteiger partial charge in [-0.25, -0.2) is 0 Å². The van der Waals surface area contributed by atoms with Crippen molar-refractivity contribution in [2.24, 2.45) is 5.41 Å². The van der Waals surface area contributed by atoms with Crippen molar-refractivity contribution >= 4 is 11.9 Å². The monoisotopic (exact) mass is 237 g/mol. The quantitative estimate of drug-likeness (QED) is 0.790. The van der Waals surface area contributed by atoms with Gasteiger partial charge in [0.05, 0.1) is 11.8 Å². The minimum atomic E-state index is -0.839. The van der Waals surface area contributed by atoms with Crippen LogP contribution in [0, 0.1) is 5.41 Å². The Kier molecular flexibility index (Phi) is 2.87. The van der Waals surface area contributed by atoms with Crippen LogP contribution in [0.3, 0.4) is 0 Å². The maximum Gasteiger partial charge on any atom is 0.311 e. The molecule has 92 valence electrons. The molecule has 2 rings (SSSR count). The summed E-state index contributed by atoms with van der Waals surface area (Å²) in [5, 5.41) is 15.6. The molecule has 2 heterocycles. The minimum Gasteiger partial charge on any atom is -0.481 e. The van der Waals surface area contributed by atoms with Gasteiger partial charge in [-0.15, -0.1) is 0 Å². The van der Waals surface area contributed by atoms with Gasteiger partial charge in [-0.3, -0.25) is 14.7 Å². The van der Waals surface area contributed by atoms with Crippen LogP contribution in [0.1, 0.15) is 19.0 Å². The van der Waals surface area contributed by atoms with Gasteiger partial charge in [-0.05, 0) is 19.4 Å². The number of H-pyrrole nitrogens is 1. The molecule has 1 aromatic rings. The van der Waals surface area contributed by atoms with E-state index in [-0.39, 0.29) is 18.9 Å². The van der Waals surface area contributed by atoms with Crippen LogP contribution < -0.4 is 0 Å². The van der Waals surface area contributed by atoms with Crippen molar-refractivity contribution in [3.05, 3.63) is 18.0 Å². The van der Waals surface area contributed by atoms with Gasteiger partial charge >= 0.3 is 5.97 Å². The van der Waals surface area contributed by atoms with E-state index < -0.39 is 11.4 Å². The predicted octanol–water partition coefficient (Wildman–Crippen LogP) is 0.275. The third kappa shape index (κ3) is 2.30. The topological polar surface area (TPSA) is 86.3 Å². The van der Waals surface area contributed by atoms with Crippen LogP contribution in [0.2, 0.25) is 0 Å². The van der Waals surface area contributed by atoms with Crippen molar-refractivity contribution in [1.82, 2.24) is 15.1 Å². The normalized spacial score (nSPS) is 23.9. The zero-order chi connectivity index (χ0) is 12.5. The average Bonchev–Trinajstić information content (AvgIpc) is 2.88. The molecule has 0 bridgehead atoms. The third-order valence-corrected chi connectivity index (χ3v) is 3.24. The molecule has 1 aliphatic rings. The highest BCUT2D eigenvalue weighted by Gasteiger charge is 2.41. The first-order valence-corrected chi connectivity index (χ1v) is 5.51. The number of carboxylic acid groups (broad SMARTS) is 1. The predicted molar refractivity (Wildman–Crippen MR) is 59.2 cm³/mol. The Morgan fingerprint density at radius 3 is 2.94 bits per heavy atom. The number of carbonyl (C=O) groups excluding carboxylic acids is 1. The number of hydrogen-bond acceptors (Lipinski definition) is 3. The molecule has 1 unspecified atom stereocenters. The molecule has 1 aromatic heterocycles. The first-order valence-electron chi connectivity index (χ1n) is 5.51. The van der Waals surface area contributed by atoms with E-state index in [1.54, 1.807) is 24.1 Å². The van der Waals surface area contributed by atoms with Crippen LogP contribution in [0.15, 0.2) is 12.3 Å². The van der Waals surface area contributed by atoms with Gasteiger partial charge in [0.1, 0.15) is 0 Å². The summed E-state index contributed by atoms with van der Waals surface area (Å²) in [6, 6.07) is 1.74. The fourth-order valence-electron chi connectivity index (χ4n) is 2.01. The van der Waals surface area contributed by atoms with E-state index in [0.29, 0.717) is 13.0 Å². The van der Waals surface area contributed by atoms with Crippen LogP contribution in [-0.4, -0.2) is 45.2 Å². The van der Waals surface area contributed by atoms with E-state index in [1.807, 2.05) is 0 Å². The molecule has 1 fully saturated rings. The summed E-state index contributed by atoms with van der Waals surface area (Å²) in [5.41, 5.74) is -0.0529. The number of aliphatic carboxylic acids is 1. The molecule has 17 heavy (non-hydrogen) atoms. The molecule has 1 aliphatic heterocycles. The number of rotatable bonds is 3. The van der Waals surface area contributed by atoms with Crippen molar-refractivity contribution < 1.29 is 14.7 Å². The summed E-state index contributed by atoms with van der Waals surface area (Å²) in [7, 11) is 0. The van der Waals surface area contributed by atoms with Crippen molar-refractivity contribution in [2.75, 3.05) is 13.1 Å². The van der Waals surface area contributed by atoms with Crippen LogP contribution >= 0.6 is 0 Å². The Bertz CT molecular complexity index is 429. The highest BCUT2D eigenvalue weighted by molar-refractivity contribution is 5.81. The van der Waals surface area contributed by atoms with E-state index >= 15 is 0 Å². The molecule has 1 amide bonds. The van der Waals surface area contributed by atoms with E-state index in [0.717, 1.165) is 5.69 Å².